The van der Waals surface area contributed by atoms with Gasteiger partial charge in [0.25, 0.3) is 0 Å². The molecule has 0 spiro atoms. The number of thiophene rings is 1. The Kier molecular flexibility index (Phi) is 4.77. The zero-order chi connectivity index (χ0) is 8.81. The Labute approximate surface area is 83.4 Å². The van der Waals surface area contributed by atoms with Gasteiger partial charge in [-0.1, -0.05) is 19.9 Å². The zero-order valence-corrected chi connectivity index (χ0v) is 9.38. The summed E-state index contributed by atoms with van der Waals surface area (Å²) in [6, 6.07) is 4.37. The average Bonchev–Trinajstić information content (AvgIpc) is 2.53. The number of hydrogen-bond acceptors (Lipinski definition) is 2. The van der Waals surface area contributed by atoms with Crippen molar-refractivity contribution >= 4 is 23.1 Å². The molecule has 1 rings (SSSR count). The molecule has 12 heavy (non-hydrogen) atoms. The van der Waals surface area contributed by atoms with Crippen LogP contribution >= 0.6 is 23.1 Å². The summed E-state index contributed by atoms with van der Waals surface area (Å²) in [5.41, 5.74) is 0. The van der Waals surface area contributed by atoms with E-state index in [4.69, 9.17) is 0 Å². The number of thioether (sulfide) groups is 1. The maximum absolute atomic E-state index is 2.32. The van der Waals surface area contributed by atoms with E-state index in [1.165, 1.54) is 23.5 Å². The highest BCUT2D eigenvalue weighted by atomic mass is 32.2. The van der Waals surface area contributed by atoms with Gasteiger partial charge in [-0.15, -0.1) is 11.3 Å². The molecular weight excluding hydrogens is 184 g/mol. The molecule has 2 heteroatoms. The molecule has 0 fully saturated rings. The third kappa shape index (κ3) is 3.63. The molecule has 1 aromatic heterocycles. The zero-order valence-electron chi connectivity index (χ0n) is 7.75. The Morgan fingerprint density at radius 2 is 2.42 bits per heavy atom. The van der Waals surface area contributed by atoms with E-state index in [0.29, 0.717) is 0 Å². The summed E-state index contributed by atoms with van der Waals surface area (Å²) in [4.78, 5) is 1.53. The first-order valence-electron chi connectivity index (χ1n) is 4.47. The number of rotatable bonds is 5. The predicted molar refractivity (Wildman–Crippen MR) is 60.2 cm³/mol. The molecule has 1 heterocycles. The highest BCUT2D eigenvalue weighted by Gasteiger charge is 2.01. The summed E-state index contributed by atoms with van der Waals surface area (Å²) >= 11 is 3.93. The molecule has 68 valence electrons. The summed E-state index contributed by atoms with van der Waals surface area (Å²) in [5, 5.41) is 2.98. The van der Waals surface area contributed by atoms with E-state index in [2.05, 4.69) is 43.1 Å². The van der Waals surface area contributed by atoms with Crippen LogP contribution in [0, 0.1) is 0 Å². The molecular formula is C10H16S2. The fourth-order valence-electron chi connectivity index (χ4n) is 1.17. The Morgan fingerprint density at radius 3 is 3.00 bits per heavy atom. The van der Waals surface area contributed by atoms with Crippen molar-refractivity contribution in [1.29, 1.82) is 0 Å². The van der Waals surface area contributed by atoms with Gasteiger partial charge < -0.3 is 0 Å². The lowest BCUT2D eigenvalue weighted by Gasteiger charge is -2.07. The second-order valence-corrected chi connectivity index (χ2v) is 5.63. The van der Waals surface area contributed by atoms with Gasteiger partial charge in [0.05, 0.1) is 0 Å². The minimum absolute atomic E-state index is 0.817. The van der Waals surface area contributed by atoms with Gasteiger partial charge in [-0.05, 0) is 30.0 Å². The molecule has 0 amide bonds. The van der Waals surface area contributed by atoms with E-state index < -0.39 is 0 Å². The fourth-order valence-corrected chi connectivity index (χ4v) is 2.75. The van der Waals surface area contributed by atoms with Gasteiger partial charge in [0.2, 0.25) is 0 Å². The molecule has 0 nitrogen and oxygen atoms in total. The monoisotopic (exact) mass is 200 g/mol. The maximum atomic E-state index is 2.32. The molecule has 0 aliphatic rings. The SMILES string of the molecule is CCSC(C)CCc1cccs1. The summed E-state index contributed by atoms with van der Waals surface area (Å²) in [7, 11) is 0. The number of aryl methyl sites for hydroxylation is 1. The predicted octanol–water partition coefficient (Wildman–Crippen LogP) is 3.82. The summed E-state index contributed by atoms with van der Waals surface area (Å²) in [6.45, 7) is 4.55. The molecule has 0 saturated heterocycles. The first kappa shape index (κ1) is 10.1. The van der Waals surface area contributed by atoms with Crippen molar-refractivity contribution in [3.05, 3.63) is 22.4 Å². The molecule has 1 unspecified atom stereocenters. The van der Waals surface area contributed by atoms with Crippen LogP contribution in [0.3, 0.4) is 0 Å². The van der Waals surface area contributed by atoms with E-state index >= 15 is 0 Å². The van der Waals surface area contributed by atoms with Crippen molar-refractivity contribution in [3.8, 4) is 0 Å². The van der Waals surface area contributed by atoms with E-state index in [1.54, 1.807) is 0 Å². The van der Waals surface area contributed by atoms with Crippen molar-refractivity contribution in [2.45, 2.75) is 31.9 Å². The first-order valence-corrected chi connectivity index (χ1v) is 6.39. The lowest BCUT2D eigenvalue weighted by atomic mass is 10.2. The summed E-state index contributed by atoms with van der Waals surface area (Å²) in [5.74, 6) is 1.24. The standard InChI is InChI=1S/C10H16S2/c1-3-11-9(2)6-7-10-5-4-8-12-10/h4-5,8-9H,3,6-7H2,1-2H3. The molecule has 0 aliphatic carbocycles. The Balaban J connectivity index is 2.17. The smallest absolute Gasteiger partial charge is 0.00456 e. The minimum Gasteiger partial charge on any atom is -0.159 e. The van der Waals surface area contributed by atoms with Crippen LogP contribution in [0.4, 0.5) is 0 Å². The maximum Gasteiger partial charge on any atom is 0.00456 e. The van der Waals surface area contributed by atoms with Gasteiger partial charge in [-0.2, -0.15) is 11.8 Å². The lowest BCUT2D eigenvalue weighted by molar-refractivity contribution is 0.821. The normalized spacial score (nSPS) is 13.2. The van der Waals surface area contributed by atoms with Crippen molar-refractivity contribution < 1.29 is 0 Å². The van der Waals surface area contributed by atoms with Gasteiger partial charge in [0.15, 0.2) is 0 Å². The molecule has 0 saturated carbocycles. The summed E-state index contributed by atoms with van der Waals surface area (Å²) in [6.07, 6.45) is 2.57. The lowest BCUT2D eigenvalue weighted by Crippen LogP contribution is -1.97. The fraction of sp³-hybridized carbons (Fsp3) is 0.600. The summed E-state index contributed by atoms with van der Waals surface area (Å²) < 4.78 is 0. The van der Waals surface area contributed by atoms with Gasteiger partial charge in [0, 0.05) is 10.1 Å². The largest absolute Gasteiger partial charge is 0.159 e. The quantitative estimate of drug-likeness (QED) is 0.696. The second kappa shape index (κ2) is 5.65. The third-order valence-corrected chi connectivity index (χ3v) is 3.90. The highest BCUT2D eigenvalue weighted by Crippen LogP contribution is 2.18. The van der Waals surface area contributed by atoms with E-state index in [0.717, 1.165) is 5.25 Å². The Morgan fingerprint density at radius 1 is 1.58 bits per heavy atom. The third-order valence-electron chi connectivity index (χ3n) is 1.83. The topological polar surface area (TPSA) is 0 Å². The molecule has 0 aliphatic heterocycles. The van der Waals surface area contributed by atoms with Crippen LogP contribution in [0.5, 0.6) is 0 Å². The van der Waals surface area contributed by atoms with Crippen LogP contribution < -0.4 is 0 Å². The van der Waals surface area contributed by atoms with E-state index in [1.807, 2.05) is 11.3 Å². The van der Waals surface area contributed by atoms with Crippen LogP contribution in [-0.2, 0) is 6.42 Å². The van der Waals surface area contributed by atoms with Crippen LogP contribution in [0.15, 0.2) is 17.5 Å². The van der Waals surface area contributed by atoms with Crippen LogP contribution in [-0.4, -0.2) is 11.0 Å². The van der Waals surface area contributed by atoms with Gasteiger partial charge in [0.1, 0.15) is 0 Å². The van der Waals surface area contributed by atoms with Crippen molar-refractivity contribution in [1.82, 2.24) is 0 Å². The van der Waals surface area contributed by atoms with Crippen LogP contribution in [0.25, 0.3) is 0 Å². The van der Waals surface area contributed by atoms with Crippen LogP contribution in [0.1, 0.15) is 25.1 Å². The van der Waals surface area contributed by atoms with Crippen molar-refractivity contribution in [2.75, 3.05) is 5.75 Å². The molecule has 0 radical (unpaired) electrons. The van der Waals surface area contributed by atoms with Crippen molar-refractivity contribution in [3.63, 3.8) is 0 Å². The highest BCUT2D eigenvalue weighted by molar-refractivity contribution is 7.99. The minimum atomic E-state index is 0.817. The van der Waals surface area contributed by atoms with Crippen molar-refractivity contribution in [2.24, 2.45) is 0 Å². The molecule has 0 bridgehead atoms. The first-order chi connectivity index (χ1) is 5.83. The second-order valence-electron chi connectivity index (χ2n) is 2.88. The van der Waals surface area contributed by atoms with Gasteiger partial charge >= 0.3 is 0 Å². The molecule has 0 aromatic carbocycles. The molecule has 0 N–H and O–H groups in total. The van der Waals surface area contributed by atoms with E-state index in [9.17, 15) is 0 Å². The Bertz CT molecular complexity index is 192. The molecule has 1 atom stereocenters. The van der Waals surface area contributed by atoms with Gasteiger partial charge in [-0.25, -0.2) is 0 Å². The van der Waals surface area contributed by atoms with Crippen LogP contribution in [0.2, 0.25) is 0 Å². The van der Waals surface area contributed by atoms with E-state index in [-0.39, 0.29) is 0 Å². The van der Waals surface area contributed by atoms with Gasteiger partial charge in [-0.3, -0.25) is 0 Å². The Hall–Kier alpha value is 0.0500. The number of hydrogen-bond donors (Lipinski definition) is 0. The average molecular weight is 200 g/mol. The molecule has 1 aromatic rings.